The smallest absolute Gasteiger partial charge is 0.0230 e. The molecular weight excluding hydrogens is 234 g/mol. The van der Waals surface area contributed by atoms with Crippen LogP contribution in [0.25, 0.3) is 0 Å². The molecule has 2 N–H and O–H groups in total. The maximum absolute atomic E-state index is 3.51. The van der Waals surface area contributed by atoms with Crippen molar-refractivity contribution in [2.24, 2.45) is 0 Å². The highest BCUT2D eigenvalue weighted by molar-refractivity contribution is 5.26. The molecule has 0 amide bonds. The van der Waals surface area contributed by atoms with Crippen molar-refractivity contribution in [3.63, 3.8) is 0 Å². The number of rotatable bonds is 7. The van der Waals surface area contributed by atoms with Gasteiger partial charge in [0.05, 0.1) is 0 Å². The molecule has 3 heteroatoms. The van der Waals surface area contributed by atoms with E-state index in [9.17, 15) is 0 Å². The Morgan fingerprint density at radius 2 is 1.63 bits per heavy atom. The van der Waals surface area contributed by atoms with Crippen molar-refractivity contribution in [2.75, 3.05) is 27.2 Å². The normalized spacial score (nSPS) is 12.1. The van der Waals surface area contributed by atoms with E-state index in [-0.39, 0.29) is 5.54 Å². The molecule has 0 saturated heterocycles. The SMILES string of the molecule is CN(C)Cc1ccccc1CNCCNC(C)(C)C. The lowest BCUT2D eigenvalue weighted by Crippen LogP contribution is -2.40. The van der Waals surface area contributed by atoms with Crippen LogP contribution in [0.5, 0.6) is 0 Å². The molecule has 0 aliphatic heterocycles. The molecule has 0 bridgehead atoms. The molecule has 0 unspecified atom stereocenters. The maximum Gasteiger partial charge on any atom is 0.0230 e. The number of benzene rings is 1. The first kappa shape index (κ1) is 16.2. The lowest BCUT2D eigenvalue weighted by Gasteiger charge is -2.21. The summed E-state index contributed by atoms with van der Waals surface area (Å²) in [5.74, 6) is 0. The Kier molecular flexibility index (Phi) is 6.49. The molecule has 1 rings (SSSR count). The zero-order valence-electron chi connectivity index (χ0n) is 13.1. The third kappa shape index (κ3) is 7.31. The fraction of sp³-hybridized carbons (Fsp3) is 0.625. The van der Waals surface area contributed by atoms with Crippen LogP contribution >= 0.6 is 0 Å². The van der Waals surface area contributed by atoms with Gasteiger partial charge in [-0.05, 0) is 46.0 Å². The molecule has 3 nitrogen and oxygen atoms in total. The predicted molar refractivity (Wildman–Crippen MR) is 83.3 cm³/mol. The highest BCUT2D eigenvalue weighted by atomic mass is 15.0. The van der Waals surface area contributed by atoms with Gasteiger partial charge >= 0.3 is 0 Å². The van der Waals surface area contributed by atoms with Gasteiger partial charge in [-0.25, -0.2) is 0 Å². The van der Waals surface area contributed by atoms with Crippen molar-refractivity contribution >= 4 is 0 Å². The third-order valence-electron chi connectivity index (χ3n) is 2.88. The molecule has 1 aromatic carbocycles. The molecule has 0 fully saturated rings. The molecule has 0 aliphatic carbocycles. The Hall–Kier alpha value is -0.900. The van der Waals surface area contributed by atoms with E-state index in [4.69, 9.17) is 0 Å². The van der Waals surface area contributed by atoms with E-state index >= 15 is 0 Å². The number of nitrogens with zero attached hydrogens (tertiary/aromatic N) is 1. The predicted octanol–water partition coefficient (Wildman–Crippen LogP) is 2.23. The summed E-state index contributed by atoms with van der Waals surface area (Å²) in [4.78, 5) is 2.21. The summed E-state index contributed by atoms with van der Waals surface area (Å²) in [6.45, 7) is 10.5. The van der Waals surface area contributed by atoms with E-state index in [0.29, 0.717) is 0 Å². The molecule has 108 valence electrons. The second-order valence-electron chi connectivity index (χ2n) is 6.36. The van der Waals surface area contributed by atoms with Crippen LogP contribution in [0.3, 0.4) is 0 Å². The van der Waals surface area contributed by atoms with Gasteiger partial charge in [-0.15, -0.1) is 0 Å². The second kappa shape index (κ2) is 7.63. The second-order valence-corrected chi connectivity index (χ2v) is 6.36. The summed E-state index contributed by atoms with van der Waals surface area (Å²) in [5.41, 5.74) is 3.00. The summed E-state index contributed by atoms with van der Waals surface area (Å²) in [7, 11) is 4.22. The first-order chi connectivity index (χ1) is 8.88. The fourth-order valence-corrected chi connectivity index (χ4v) is 1.97. The Morgan fingerprint density at radius 1 is 1.00 bits per heavy atom. The standard InChI is InChI=1S/C16H29N3/c1-16(2,3)18-11-10-17-12-14-8-6-7-9-15(14)13-19(4)5/h6-9,17-18H,10-13H2,1-5H3. The first-order valence-corrected chi connectivity index (χ1v) is 7.06. The first-order valence-electron chi connectivity index (χ1n) is 7.06. The summed E-state index contributed by atoms with van der Waals surface area (Å²) in [5, 5.41) is 6.99. The molecule has 0 spiro atoms. The van der Waals surface area contributed by atoms with E-state index in [0.717, 1.165) is 26.2 Å². The van der Waals surface area contributed by atoms with Crippen LogP contribution in [0.4, 0.5) is 0 Å². The van der Waals surface area contributed by atoms with Gasteiger partial charge in [-0.3, -0.25) is 0 Å². The van der Waals surface area contributed by atoms with Crippen LogP contribution in [-0.4, -0.2) is 37.6 Å². The van der Waals surface area contributed by atoms with Gasteiger partial charge in [0.2, 0.25) is 0 Å². The molecule has 0 saturated carbocycles. The van der Waals surface area contributed by atoms with Crippen molar-refractivity contribution in [3.05, 3.63) is 35.4 Å². The number of hydrogen-bond acceptors (Lipinski definition) is 3. The Morgan fingerprint density at radius 3 is 2.21 bits per heavy atom. The molecule has 0 radical (unpaired) electrons. The van der Waals surface area contributed by atoms with Crippen LogP contribution in [0.1, 0.15) is 31.9 Å². The molecule has 0 atom stereocenters. The molecule has 1 aromatic rings. The van der Waals surface area contributed by atoms with E-state index in [1.54, 1.807) is 0 Å². The van der Waals surface area contributed by atoms with Gasteiger partial charge in [-0.2, -0.15) is 0 Å². The van der Waals surface area contributed by atoms with E-state index < -0.39 is 0 Å². The van der Waals surface area contributed by atoms with E-state index in [1.165, 1.54) is 11.1 Å². The average molecular weight is 263 g/mol. The maximum atomic E-state index is 3.51. The average Bonchev–Trinajstić information content (AvgIpc) is 2.28. The van der Waals surface area contributed by atoms with Crippen molar-refractivity contribution < 1.29 is 0 Å². The summed E-state index contributed by atoms with van der Waals surface area (Å²) in [6, 6.07) is 8.65. The zero-order chi connectivity index (χ0) is 14.3. The topological polar surface area (TPSA) is 27.3 Å². The van der Waals surface area contributed by atoms with E-state index in [1.807, 2.05) is 0 Å². The van der Waals surface area contributed by atoms with Gasteiger partial charge < -0.3 is 15.5 Å². The molecule has 0 aliphatic rings. The van der Waals surface area contributed by atoms with Crippen LogP contribution in [-0.2, 0) is 13.1 Å². The van der Waals surface area contributed by atoms with Crippen LogP contribution in [0.15, 0.2) is 24.3 Å². The van der Waals surface area contributed by atoms with Crippen molar-refractivity contribution in [3.8, 4) is 0 Å². The summed E-state index contributed by atoms with van der Waals surface area (Å²) < 4.78 is 0. The summed E-state index contributed by atoms with van der Waals surface area (Å²) in [6.07, 6.45) is 0. The Labute approximate surface area is 118 Å². The quantitative estimate of drug-likeness (QED) is 0.739. The highest BCUT2D eigenvalue weighted by Gasteiger charge is 2.07. The minimum atomic E-state index is 0.199. The van der Waals surface area contributed by atoms with Crippen LogP contribution in [0, 0.1) is 0 Å². The lowest BCUT2D eigenvalue weighted by atomic mass is 10.1. The van der Waals surface area contributed by atoms with E-state index in [2.05, 4.69) is 74.7 Å². The Balaban J connectivity index is 2.36. The fourth-order valence-electron chi connectivity index (χ4n) is 1.97. The van der Waals surface area contributed by atoms with Crippen molar-refractivity contribution in [1.29, 1.82) is 0 Å². The van der Waals surface area contributed by atoms with Crippen molar-refractivity contribution in [1.82, 2.24) is 15.5 Å². The lowest BCUT2D eigenvalue weighted by molar-refractivity contribution is 0.399. The minimum absolute atomic E-state index is 0.199. The number of hydrogen-bond donors (Lipinski definition) is 2. The van der Waals surface area contributed by atoms with Gasteiger partial charge in [0.1, 0.15) is 0 Å². The van der Waals surface area contributed by atoms with Crippen LogP contribution in [0.2, 0.25) is 0 Å². The van der Waals surface area contributed by atoms with Gasteiger partial charge in [0.25, 0.3) is 0 Å². The minimum Gasteiger partial charge on any atom is -0.311 e. The zero-order valence-corrected chi connectivity index (χ0v) is 13.1. The molecule has 19 heavy (non-hydrogen) atoms. The van der Waals surface area contributed by atoms with Gasteiger partial charge in [0, 0.05) is 31.7 Å². The Bertz CT molecular complexity index is 367. The molecule has 0 heterocycles. The molecule has 0 aromatic heterocycles. The van der Waals surface area contributed by atoms with Gasteiger partial charge in [-0.1, -0.05) is 24.3 Å². The van der Waals surface area contributed by atoms with Crippen LogP contribution < -0.4 is 10.6 Å². The monoisotopic (exact) mass is 263 g/mol. The summed E-state index contributed by atoms with van der Waals surface area (Å²) >= 11 is 0. The van der Waals surface area contributed by atoms with Gasteiger partial charge in [0.15, 0.2) is 0 Å². The number of nitrogens with one attached hydrogen (secondary N) is 2. The highest BCUT2D eigenvalue weighted by Crippen LogP contribution is 2.10. The largest absolute Gasteiger partial charge is 0.311 e. The van der Waals surface area contributed by atoms with Crippen molar-refractivity contribution in [2.45, 2.75) is 39.4 Å². The molecular formula is C16H29N3. The third-order valence-corrected chi connectivity index (χ3v) is 2.88.